The van der Waals surface area contributed by atoms with Crippen LogP contribution in [0.5, 0.6) is 0 Å². The maximum atomic E-state index is 12.0. The van der Waals surface area contributed by atoms with Crippen molar-refractivity contribution in [3.05, 3.63) is 52.2 Å². The number of guanidine groups is 1. The van der Waals surface area contributed by atoms with E-state index in [1.165, 1.54) is 5.56 Å². The molecule has 1 aliphatic heterocycles. The molecule has 6 heteroatoms. The van der Waals surface area contributed by atoms with Crippen molar-refractivity contribution in [1.82, 2.24) is 10.6 Å². The quantitative estimate of drug-likeness (QED) is 0.639. The Kier molecular flexibility index (Phi) is 6.06. The summed E-state index contributed by atoms with van der Waals surface area (Å²) in [5, 5.41) is 10.8. The second-order valence-electron chi connectivity index (χ2n) is 6.08. The number of anilines is 1. The Hall–Kier alpha value is -2.34. The van der Waals surface area contributed by atoms with E-state index >= 15 is 0 Å². The molecule has 1 aromatic heterocycles. The Labute approximate surface area is 152 Å². The first kappa shape index (κ1) is 17.5. The van der Waals surface area contributed by atoms with E-state index in [1.54, 1.807) is 18.4 Å². The molecule has 0 aliphatic carbocycles. The predicted octanol–water partition coefficient (Wildman–Crippen LogP) is 3.13. The third-order valence-corrected chi connectivity index (χ3v) is 5.03. The fourth-order valence-electron chi connectivity index (χ4n) is 2.86. The van der Waals surface area contributed by atoms with Crippen molar-refractivity contribution in [3.8, 4) is 0 Å². The molecule has 0 saturated carbocycles. The average Bonchev–Trinajstić information content (AvgIpc) is 3.16. The fourth-order valence-corrected chi connectivity index (χ4v) is 3.53. The topological polar surface area (TPSA) is 56.7 Å². The lowest BCUT2D eigenvalue weighted by atomic mass is 10.1. The van der Waals surface area contributed by atoms with E-state index in [0.29, 0.717) is 13.0 Å². The van der Waals surface area contributed by atoms with Crippen LogP contribution in [0.3, 0.4) is 0 Å². The van der Waals surface area contributed by atoms with E-state index in [1.807, 2.05) is 17.0 Å². The number of benzene rings is 1. The van der Waals surface area contributed by atoms with Crippen LogP contribution in [0, 0.1) is 0 Å². The van der Waals surface area contributed by atoms with Crippen LogP contribution < -0.4 is 15.5 Å². The highest BCUT2D eigenvalue weighted by Gasteiger charge is 2.19. The van der Waals surface area contributed by atoms with Crippen molar-refractivity contribution in [2.45, 2.75) is 32.4 Å². The minimum atomic E-state index is 0.232. The standard InChI is InChI=1S/C19H24N4OS/c1-20-19(22-13-16-9-11-25-14-16)21-12-15-5-7-17(8-6-15)23-10-3-2-4-18(23)24/h5-9,11,14H,2-4,10,12-13H2,1H3,(H2,20,21,22). The zero-order valence-electron chi connectivity index (χ0n) is 14.5. The maximum absolute atomic E-state index is 12.0. The molecule has 0 atom stereocenters. The van der Waals surface area contributed by atoms with E-state index in [4.69, 9.17) is 0 Å². The van der Waals surface area contributed by atoms with Gasteiger partial charge in [0.15, 0.2) is 5.96 Å². The Balaban J connectivity index is 1.51. The summed E-state index contributed by atoms with van der Waals surface area (Å²) in [5.41, 5.74) is 3.41. The number of nitrogens with one attached hydrogen (secondary N) is 2. The monoisotopic (exact) mass is 356 g/mol. The maximum Gasteiger partial charge on any atom is 0.226 e. The van der Waals surface area contributed by atoms with Crippen molar-refractivity contribution < 1.29 is 4.79 Å². The van der Waals surface area contributed by atoms with E-state index in [2.05, 4.69) is 44.6 Å². The lowest BCUT2D eigenvalue weighted by Gasteiger charge is -2.26. The van der Waals surface area contributed by atoms with Gasteiger partial charge in [-0.05, 0) is 52.9 Å². The van der Waals surface area contributed by atoms with Crippen molar-refractivity contribution >= 4 is 28.9 Å². The zero-order chi connectivity index (χ0) is 17.5. The first-order valence-electron chi connectivity index (χ1n) is 8.61. The Bertz CT molecular complexity index is 710. The van der Waals surface area contributed by atoms with Gasteiger partial charge < -0.3 is 15.5 Å². The summed E-state index contributed by atoms with van der Waals surface area (Å²) >= 11 is 1.69. The van der Waals surface area contributed by atoms with Gasteiger partial charge in [0, 0.05) is 38.8 Å². The van der Waals surface area contributed by atoms with Gasteiger partial charge in [0.05, 0.1) is 0 Å². The second kappa shape index (κ2) is 8.67. The van der Waals surface area contributed by atoms with Crippen LogP contribution in [0.4, 0.5) is 5.69 Å². The molecular weight excluding hydrogens is 332 g/mol. The van der Waals surface area contributed by atoms with Gasteiger partial charge in [0.2, 0.25) is 5.91 Å². The first-order chi connectivity index (χ1) is 12.3. The molecule has 1 aromatic carbocycles. The van der Waals surface area contributed by atoms with Gasteiger partial charge in [-0.2, -0.15) is 11.3 Å². The van der Waals surface area contributed by atoms with E-state index in [0.717, 1.165) is 43.1 Å². The summed E-state index contributed by atoms with van der Waals surface area (Å²) in [5.74, 6) is 1.01. The van der Waals surface area contributed by atoms with Crippen molar-refractivity contribution in [2.24, 2.45) is 4.99 Å². The fraction of sp³-hybridized carbons (Fsp3) is 0.368. The van der Waals surface area contributed by atoms with Crippen LogP contribution in [-0.2, 0) is 17.9 Å². The van der Waals surface area contributed by atoms with Gasteiger partial charge in [-0.15, -0.1) is 0 Å². The van der Waals surface area contributed by atoms with E-state index in [9.17, 15) is 4.79 Å². The van der Waals surface area contributed by atoms with Crippen molar-refractivity contribution in [1.29, 1.82) is 0 Å². The number of carbonyl (C=O) groups excluding carboxylic acids is 1. The van der Waals surface area contributed by atoms with Gasteiger partial charge in [-0.25, -0.2) is 0 Å². The number of hydrogen-bond donors (Lipinski definition) is 2. The van der Waals surface area contributed by atoms with Crippen molar-refractivity contribution in [3.63, 3.8) is 0 Å². The molecule has 0 spiro atoms. The Morgan fingerprint density at radius 3 is 2.52 bits per heavy atom. The molecular formula is C19H24N4OS. The SMILES string of the molecule is CN=C(NCc1ccc(N2CCCCC2=O)cc1)NCc1ccsc1. The number of thiophene rings is 1. The van der Waals surface area contributed by atoms with Crippen LogP contribution in [0.25, 0.3) is 0 Å². The van der Waals surface area contributed by atoms with Gasteiger partial charge in [0.1, 0.15) is 0 Å². The highest BCUT2D eigenvalue weighted by atomic mass is 32.1. The van der Waals surface area contributed by atoms with Crippen LogP contribution in [0.2, 0.25) is 0 Å². The Morgan fingerprint density at radius 2 is 1.88 bits per heavy atom. The molecule has 2 aromatic rings. The van der Waals surface area contributed by atoms with Crippen LogP contribution >= 0.6 is 11.3 Å². The number of piperidine rings is 1. The predicted molar refractivity (Wildman–Crippen MR) is 104 cm³/mol. The minimum Gasteiger partial charge on any atom is -0.352 e. The molecule has 2 N–H and O–H groups in total. The zero-order valence-corrected chi connectivity index (χ0v) is 15.3. The summed E-state index contributed by atoms with van der Waals surface area (Å²) in [6.07, 6.45) is 2.76. The van der Waals surface area contributed by atoms with Gasteiger partial charge in [-0.3, -0.25) is 9.79 Å². The highest BCUT2D eigenvalue weighted by molar-refractivity contribution is 7.07. The molecule has 0 radical (unpaired) electrons. The number of carbonyl (C=O) groups is 1. The summed E-state index contributed by atoms with van der Waals surface area (Å²) < 4.78 is 0. The third kappa shape index (κ3) is 4.82. The molecule has 5 nitrogen and oxygen atoms in total. The summed E-state index contributed by atoms with van der Waals surface area (Å²) in [6.45, 7) is 2.28. The number of amides is 1. The van der Waals surface area contributed by atoms with Gasteiger partial charge >= 0.3 is 0 Å². The first-order valence-corrected chi connectivity index (χ1v) is 9.55. The largest absolute Gasteiger partial charge is 0.352 e. The van der Waals surface area contributed by atoms with E-state index in [-0.39, 0.29) is 5.91 Å². The summed E-state index contributed by atoms with van der Waals surface area (Å²) in [6, 6.07) is 10.3. The molecule has 1 aliphatic rings. The molecule has 0 unspecified atom stereocenters. The number of nitrogens with zero attached hydrogens (tertiary/aromatic N) is 2. The number of hydrogen-bond acceptors (Lipinski definition) is 3. The van der Waals surface area contributed by atoms with Gasteiger partial charge in [-0.1, -0.05) is 12.1 Å². The molecule has 25 heavy (non-hydrogen) atoms. The smallest absolute Gasteiger partial charge is 0.226 e. The molecule has 1 saturated heterocycles. The second-order valence-corrected chi connectivity index (χ2v) is 6.86. The van der Waals surface area contributed by atoms with Crippen LogP contribution in [-0.4, -0.2) is 25.5 Å². The normalized spacial score (nSPS) is 15.3. The number of rotatable bonds is 5. The average molecular weight is 356 g/mol. The summed E-state index contributed by atoms with van der Waals surface area (Å²) in [7, 11) is 1.77. The minimum absolute atomic E-state index is 0.232. The molecule has 2 heterocycles. The van der Waals surface area contributed by atoms with Gasteiger partial charge in [0.25, 0.3) is 0 Å². The summed E-state index contributed by atoms with van der Waals surface area (Å²) in [4.78, 5) is 18.1. The lowest BCUT2D eigenvalue weighted by Crippen LogP contribution is -2.36. The molecule has 1 amide bonds. The lowest BCUT2D eigenvalue weighted by molar-refractivity contribution is -0.119. The van der Waals surface area contributed by atoms with Crippen LogP contribution in [0.1, 0.15) is 30.4 Å². The molecule has 132 valence electrons. The molecule has 0 bridgehead atoms. The molecule has 3 rings (SSSR count). The third-order valence-electron chi connectivity index (χ3n) is 4.30. The van der Waals surface area contributed by atoms with Crippen molar-refractivity contribution in [2.75, 3.05) is 18.5 Å². The molecule has 1 fully saturated rings. The van der Waals surface area contributed by atoms with E-state index < -0.39 is 0 Å². The Morgan fingerprint density at radius 1 is 1.12 bits per heavy atom. The number of aliphatic imine (C=N–C) groups is 1. The highest BCUT2D eigenvalue weighted by Crippen LogP contribution is 2.21. The van der Waals surface area contributed by atoms with Crippen LogP contribution in [0.15, 0.2) is 46.1 Å².